The molecule has 0 spiro atoms. The second kappa shape index (κ2) is 9.13. The fourth-order valence-corrected chi connectivity index (χ4v) is 4.45. The predicted molar refractivity (Wildman–Crippen MR) is 95.4 cm³/mol. The Morgan fingerprint density at radius 2 is 1.00 bits per heavy atom. The molecule has 0 bridgehead atoms. The second-order valence-electron chi connectivity index (χ2n) is 6.82. The van der Waals surface area contributed by atoms with Gasteiger partial charge in [0.1, 0.15) is 0 Å². The van der Waals surface area contributed by atoms with Crippen LogP contribution in [0.2, 0.25) is 0 Å². The molecule has 0 amide bonds. The van der Waals surface area contributed by atoms with Crippen molar-refractivity contribution in [2.24, 2.45) is 0 Å². The summed E-state index contributed by atoms with van der Waals surface area (Å²) in [7, 11) is 0. The first-order valence-corrected chi connectivity index (χ1v) is 14.1. The molecule has 0 aromatic rings. The predicted octanol–water partition coefficient (Wildman–Crippen LogP) is 6.70. The summed E-state index contributed by atoms with van der Waals surface area (Å²) in [5.74, 6) is 0. The Morgan fingerprint density at radius 1 is 0.647 bits per heavy atom. The normalized spacial score (nSPS) is 14.5. The number of unbranched alkanes of at least 4 members (excludes halogenated alkanes) is 9. The zero-order valence-corrected chi connectivity index (χ0v) is 15.7. The quantitative estimate of drug-likeness (QED) is 0.215. The Bertz CT molecular complexity index is 172. The van der Waals surface area contributed by atoms with Gasteiger partial charge in [0.2, 0.25) is 0 Å². The molecule has 106 valence electrons. The van der Waals surface area contributed by atoms with Gasteiger partial charge in [-0.05, 0) is 0 Å². The van der Waals surface area contributed by atoms with Crippen LogP contribution in [-0.4, -0.2) is 26.2 Å². The first kappa shape index (κ1) is 18.2. The summed E-state index contributed by atoms with van der Waals surface area (Å²) in [4.78, 5) is 0. The van der Waals surface area contributed by atoms with Crippen LogP contribution in [0.3, 0.4) is 0 Å². The van der Waals surface area contributed by atoms with Gasteiger partial charge < -0.3 is 0 Å². The maximum absolute atomic E-state index is 2.73. The van der Waals surface area contributed by atoms with E-state index in [-0.39, 0.29) is 0 Å². The van der Waals surface area contributed by atoms with Gasteiger partial charge in [0.15, 0.2) is 0 Å². The summed E-state index contributed by atoms with van der Waals surface area (Å²) < 4.78 is -1.23. The van der Waals surface area contributed by atoms with E-state index >= 15 is 0 Å². The van der Waals surface area contributed by atoms with Crippen molar-refractivity contribution in [3.63, 3.8) is 0 Å². The standard InChI is InChI=1S/C15H34IP/c1-5-6-7-8-9-10-11-12-13-14-15-17(2,3,4)16/h5-15H2,1-4H3. The topological polar surface area (TPSA) is 0 Å². The van der Waals surface area contributed by atoms with Crippen molar-refractivity contribution in [1.29, 1.82) is 0 Å². The molecule has 0 fully saturated rings. The van der Waals surface area contributed by atoms with Gasteiger partial charge in [-0.3, -0.25) is 0 Å². The number of hydrogen-bond acceptors (Lipinski definition) is 0. The Kier molecular flexibility index (Phi) is 9.75. The maximum atomic E-state index is 2.73. The molecule has 0 saturated carbocycles. The molecule has 0 aromatic heterocycles. The monoisotopic (exact) mass is 372 g/mol. The van der Waals surface area contributed by atoms with E-state index in [0.717, 1.165) is 0 Å². The molecule has 0 N–H and O–H groups in total. The van der Waals surface area contributed by atoms with E-state index < -0.39 is 4.25 Å². The van der Waals surface area contributed by atoms with Gasteiger partial charge in [-0.15, -0.1) is 0 Å². The summed E-state index contributed by atoms with van der Waals surface area (Å²) >= 11 is 2.73. The van der Waals surface area contributed by atoms with E-state index in [0.29, 0.717) is 0 Å². The third-order valence-electron chi connectivity index (χ3n) is 3.27. The third-order valence-corrected chi connectivity index (χ3v) is 6.54. The van der Waals surface area contributed by atoms with Gasteiger partial charge in [-0.25, -0.2) is 0 Å². The van der Waals surface area contributed by atoms with Crippen molar-refractivity contribution in [3.05, 3.63) is 0 Å². The van der Waals surface area contributed by atoms with Crippen LogP contribution in [0.4, 0.5) is 0 Å². The summed E-state index contributed by atoms with van der Waals surface area (Å²) in [6.45, 7) is 9.75. The summed E-state index contributed by atoms with van der Waals surface area (Å²) in [6.07, 6.45) is 16.0. The van der Waals surface area contributed by atoms with E-state index in [4.69, 9.17) is 0 Å². The molecule has 0 heterocycles. The van der Waals surface area contributed by atoms with Crippen LogP contribution in [0, 0.1) is 0 Å². The van der Waals surface area contributed by atoms with Crippen LogP contribution in [0.5, 0.6) is 0 Å². The SMILES string of the molecule is CCCCCCCCCCCCP(C)(C)(C)I. The molecule has 0 radical (unpaired) electrons. The van der Waals surface area contributed by atoms with E-state index in [1.165, 1.54) is 70.4 Å². The molecule has 0 atom stereocenters. The average Bonchev–Trinajstić information content (AvgIpc) is 2.18. The average molecular weight is 372 g/mol. The number of hydrogen-bond donors (Lipinski definition) is 0. The van der Waals surface area contributed by atoms with E-state index in [1.807, 2.05) is 0 Å². The van der Waals surface area contributed by atoms with Gasteiger partial charge in [-0.1, -0.05) is 0 Å². The Balaban J connectivity index is 3.15. The van der Waals surface area contributed by atoms with Gasteiger partial charge in [0, 0.05) is 0 Å². The first-order valence-electron chi connectivity index (χ1n) is 7.53. The Labute approximate surface area is 123 Å². The van der Waals surface area contributed by atoms with Crippen LogP contribution >= 0.6 is 26.3 Å². The molecule has 0 aromatic carbocycles. The van der Waals surface area contributed by atoms with Crippen molar-refractivity contribution < 1.29 is 0 Å². The fraction of sp³-hybridized carbons (Fsp3) is 1.00. The van der Waals surface area contributed by atoms with Crippen LogP contribution in [0.15, 0.2) is 0 Å². The zero-order chi connectivity index (χ0) is 13.2. The molecule has 0 rings (SSSR count). The number of rotatable bonds is 11. The summed E-state index contributed by atoms with van der Waals surface area (Å²) in [5.41, 5.74) is 0. The summed E-state index contributed by atoms with van der Waals surface area (Å²) in [6, 6.07) is 0. The minimum absolute atomic E-state index is 1.23. The Morgan fingerprint density at radius 3 is 1.35 bits per heavy atom. The van der Waals surface area contributed by atoms with E-state index in [9.17, 15) is 0 Å². The zero-order valence-electron chi connectivity index (χ0n) is 12.6. The van der Waals surface area contributed by atoms with Crippen LogP contribution in [-0.2, 0) is 0 Å². The Hall–Kier alpha value is 1.16. The minimum atomic E-state index is -1.23. The molecule has 0 saturated heterocycles. The van der Waals surface area contributed by atoms with Gasteiger partial charge in [-0.2, -0.15) is 0 Å². The van der Waals surface area contributed by atoms with Crippen LogP contribution in [0.1, 0.15) is 71.1 Å². The molecule has 2 heteroatoms. The molecule has 0 nitrogen and oxygen atoms in total. The molecule has 0 unspecified atom stereocenters. The molecule has 0 aliphatic heterocycles. The first-order chi connectivity index (χ1) is 7.81. The number of halogens is 1. The van der Waals surface area contributed by atoms with Crippen LogP contribution < -0.4 is 0 Å². The van der Waals surface area contributed by atoms with Gasteiger partial charge in [0.25, 0.3) is 0 Å². The van der Waals surface area contributed by atoms with Crippen molar-refractivity contribution in [2.75, 3.05) is 26.2 Å². The molecular weight excluding hydrogens is 338 g/mol. The van der Waals surface area contributed by atoms with Gasteiger partial charge >= 0.3 is 124 Å². The molecular formula is C15H34IP. The third kappa shape index (κ3) is 17.2. The second-order valence-corrected chi connectivity index (χ2v) is 23.8. The van der Waals surface area contributed by atoms with Crippen LogP contribution in [0.25, 0.3) is 0 Å². The van der Waals surface area contributed by atoms with Crippen molar-refractivity contribution in [2.45, 2.75) is 71.1 Å². The van der Waals surface area contributed by atoms with Gasteiger partial charge in [0.05, 0.1) is 0 Å². The fourth-order valence-electron chi connectivity index (χ4n) is 2.13. The van der Waals surface area contributed by atoms with E-state index in [1.54, 1.807) is 0 Å². The summed E-state index contributed by atoms with van der Waals surface area (Å²) in [5, 5.41) is 0. The van der Waals surface area contributed by atoms with Crippen molar-refractivity contribution in [3.8, 4) is 0 Å². The molecule has 0 aliphatic carbocycles. The van der Waals surface area contributed by atoms with Crippen molar-refractivity contribution >= 4 is 26.3 Å². The van der Waals surface area contributed by atoms with Crippen molar-refractivity contribution in [1.82, 2.24) is 0 Å². The molecule has 0 aliphatic rings. The van der Waals surface area contributed by atoms with E-state index in [2.05, 4.69) is 49.0 Å². The molecule has 17 heavy (non-hydrogen) atoms.